The number of hydrogen-bond acceptors (Lipinski definition) is 3. The molecule has 0 aliphatic carbocycles. The topological polar surface area (TPSA) is 35.5 Å². The van der Waals surface area contributed by atoms with Gasteiger partial charge in [-0.15, -0.1) is 0 Å². The maximum Gasteiger partial charge on any atom is 0.0592 e. The van der Waals surface area contributed by atoms with Crippen LogP contribution in [0.1, 0.15) is 25.7 Å². The van der Waals surface area contributed by atoms with Gasteiger partial charge in [0, 0.05) is 13.1 Å². The van der Waals surface area contributed by atoms with E-state index in [0.29, 0.717) is 5.92 Å². The highest BCUT2D eigenvalue weighted by molar-refractivity contribution is 4.82. The number of nitrogens with one attached hydrogen (secondary N) is 1. The van der Waals surface area contributed by atoms with Crippen LogP contribution in [0.2, 0.25) is 0 Å². The van der Waals surface area contributed by atoms with Crippen molar-refractivity contribution in [1.29, 1.82) is 0 Å². The Morgan fingerprint density at radius 1 is 1.27 bits per heavy atom. The molecule has 0 radical (unpaired) electrons. The van der Waals surface area contributed by atoms with Gasteiger partial charge in [0.1, 0.15) is 0 Å². The van der Waals surface area contributed by atoms with Gasteiger partial charge in [0.05, 0.1) is 6.10 Å². The molecule has 0 aromatic carbocycles. The van der Waals surface area contributed by atoms with E-state index in [1.807, 2.05) is 0 Å². The number of piperidine rings is 2. The molecule has 2 rings (SSSR count). The molecule has 2 aliphatic heterocycles. The molecule has 0 spiro atoms. The fourth-order valence-corrected chi connectivity index (χ4v) is 2.98. The second-order valence-corrected chi connectivity index (χ2v) is 5.31. The van der Waals surface area contributed by atoms with Crippen LogP contribution in [0, 0.1) is 11.8 Å². The number of hydrogen-bond donors (Lipinski definition) is 2. The smallest absolute Gasteiger partial charge is 0.0592 e. The molecule has 2 heterocycles. The molecular weight excluding hydrogens is 188 g/mol. The monoisotopic (exact) mass is 212 g/mol. The Kier molecular flexibility index (Phi) is 4.00. The van der Waals surface area contributed by atoms with Gasteiger partial charge < -0.3 is 15.3 Å². The zero-order chi connectivity index (χ0) is 10.7. The van der Waals surface area contributed by atoms with E-state index in [1.54, 1.807) is 0 Å². The Balaban J connectivity index is 1.80. The minimum absolute atomic E-state index is 0.0453. The summed E-state index contributed by atoms with van der Waals surface area (Å²) in [5.41, 5.74) is 0. The van der Waals surface area contributed by atoms with Gasteiger partial charge in [-0.1, -0.05) is 0 Å². The summed E-state index contributed by atoms with van der Waals surface area (Å²) in [6, 6.07) is 0. The Morgan fingerprint density at radius 2 is 2.00 bits per heavy atom. The summed E-state index contributed by atoms with van der Waals surface area (Å²) in [5.74, 6) is 1.37. The van der Waals surface area contributed by atoms with Crippen molar-refractivity contribution in [2.24, 2.45) is 11.8 Å². The summed E-state index contributed by atoms with van der Waals surface area (Å²) in [5, 5.41) is 13.4. The Hall–Kier alpha value is -0.120. The summed E-state index contributed by atoms with van der Waals surface area (Å²) in [4.78, 5) is 2.36. The van der Waals surface area contributed by atoms with Crippen LogP contribution in [0.4, 0.5) is 0 Å². The molecule has 0 amide bonds. The van der Waals surface area contributed by atoms with Gasteiger partial charge >= 0.3 is 0 Å². The average molecular weight is 212 g/mol. The molecule has 15 heavy (non-hydrogen) atoms. The minimum atomic E-state index is -0.0453. The maximum atomic E-state index is 9.98. The van der Waals surface area contributed by atoms with E-state index < -0.39 is 0 Å². The van der Waals surface area contributed by atoms with Crippen LogP contribution >= 0.6 is 0 Å². The van der Waals surface area contributed by atoms with E-state index >= 15 is 0 Å². The first kappa shape index (κ1) is 11.4. The SMILES string of the molecule is CN1CC[C@@H](O)[C@@H](CC2CCNCC2)C1. The van der Waals surface area contributed by atoms with Crippen molar-refractivity contribution < 1.29 is 5.11 Å². The predicted octanol–water partition coefficient (Wildman–Crippen LogP) is 0.689. The van der Waals surface area contributed by atoms with Crippen molar-refractivity contribution in [2.45, 2.75) is 31.8 Å². The molecule has 0 aromatic heterocycles. The summed E-state index contributed by atoms with van der Waals surface area (Å²) < 4.78 is 0. The number of aliphatic hydroxyl groups is 1. The molecule has 0 unspecified atom stereocenters. The lowest BCUT2D eigenvalue weighted by Gasteiger charge is -2.36. The summed E-state index contributed by atoms with van der Waals surface area (Å²) >= 11 is 0. The van der Waals surface area contributed by atoms with Gasteiger partial charge in [0.15, 0.2) is 0 Å². The van der Waals surface area contributed by atoms with Crippen molar-refractivity contribution in [3.05, 3.63) is 0 Å². The fourth-order valence-electron chi connectivity index (χ4n) is 2.98. The minimum Gasteiger partial charge on any atom is -0.393 e. The average Bonchev–Trinajstić information content (AvgIpc) is 2.25. The van der Waals surface area contributed by atoms with Crippen LogP contribution in [0.5, 0.6) is 0 Å². The molecule has 0 saturated carbocycles. The Morgan fingerprint density at radius 3 is 2.73 bits per heavy atom. The van der Waals surface area contributed by atoms with Crippen molar-refractivity contribution in [3.8, 4) is 0 Å². The zero-order valence-corrected chi connectivity index (χ0v) is 9.78. The van der Waals surface area contributed by atoms with E-state index in [4.69, 9.17) is 0 Å². The third-order valence-corrected chi connectivity index (χ3v) is 3.99. The van der Waals surface area contributed by atoms with Crippen LogP contribution in [0.25, 0.3) is 0 Å². The Bertz CT molecular complexity index is 192. The van der Waals surface area contributed by atoms with E-state index in [1.165, 1.54) is 32.4 Å². The summed E-state index contributed by atoms with van der Waals surface area (Å²) in [7, 11) is 2.17. The second-order valence-electron chi connectivity index (χ2n) is 5.31. The molecule has 2 fully saturated rings. The van der Waals surface area contributed by atoms with Crippen LogP contribution in [-0.4, -0.2) is 49.3 Å². The second kappa shape index (κ2) is 5.28. The third-order valence-electron chi connectivity index (χ3n) is 3.99. The number of rotatable bonds is 2. The highest BCUT2D eigenvalue weighted by atomic mass is 16.3. The number of nitrogens with zero attached hydrogens (tertiary/aromatic N) is 1. The zero-order valence-electron chi connectivity index (χ0n) is 9.78. The summed E-state index contributed by atoms with van der Waals surface area (Å²) in [6.07, 6.45) is 4.75. The molecule has 3 nitrogen and oxygen atoms in total. The molecule has 2 atom stereocenters. The van der Waals surface area contributed by atoms with Gasteiger partial charge in [-0.05, 0) is 57.7 Å². The first-order chi connectivity index (χ1) is 7.25. The van der Waals surface area contributed by atoms with Gasteiger partial charge in [0.2, 0.25) is 0 Å². The largest absolute Gasteiger partial charge is 0.393 e. The lowest BCUT2D eigenvalue weighted by molar-refractivity contribution is 0.0223. The van der Waals surface area contributed by atoms with E-state index in [-0.39, 0.29) is 6.10 Å². The molecule has 2 aliphatic rings. The van der Waals surface area contributed by atoms with Gasteiger partial charge in [-0.25, -0.2) is 0 Å². The van der Waals surface area contributed by atoms with E-state index in [9.17, 15) is 5.11 Å². The highest BCUT2D eigenvalue weighted by Gasteiger charge is 2.28. The third kappa shape index (κ3) is 3.16. The number of aliphatic hydroxyl groups excluding tert-OH is 1. The van der Waals surface area contributed by atoms with Gasteiger partial charge in [-0.3, -0.25) is 0 Å². The van der Waals surface area contributed by atoms with Crippen molar-refractivity contribution >= 4 is 0 Å². The molecule has 0 aromatic rings. The van der Waals surface area contributed by atoms with Crippen molar-refractivity contribution in [1.82, 2.24) is 10.2 Å². The molecular formula is C12H24N2O. The maximum absolute atomic E-state index is 9.98. The van der Waals surface area contributed by atoms with Crippen LogP contribution in [-0.2, 0) is 0 Å². The molecule has 0 bridgehead atoms. The van der Waals surface area contributed by atoms with Crippen molar-refractivity contribution in [3.63, 3.8) is 0 Å². The first-order valence-electron chi connectivity index (χ1n) is 6.33. The van der Waals surface area contributed by atoms with E-state index in [0.717, 1.165) is 25.4 Å². The normalized spacial score (nSPS) is 35.6. The van der Waals surface area contributed by atoms with Gasteiger partial charge in [-0.2, -0.15) is 0 Å². The Labute approximate surface area is 92.8 Å². The highest BCUT2D eigenvalue weighted by Crippen LogP contribution is 2.27. The fraction of sp³-hybridized carbons (Fsp3) is 1.00. The molecule has 2 saturated heterocycles. The predicted molar refractivity (Wildman–Crippen MR) is 61.8 cm³/mol. The lowest BCUT2D eigenvalue weighted by atomic mass is 9.82. The quantitative estimate of drug-likeness (QED) is 0.707. The molecule has 3 heteroatoms. The van der Waals surface area contributed by atoms with Crippen LogP contribution in [0.3, 0.4) is 0 Å². The van der Waals surface area contributed by atoms with Crippen molar-refractivity contribution in [2.75, 3.05) is 33.2 Å². The van der Waals surface area contributed by atoms with Gasteiger partial charge in [0.25, 0.3) is 0 Å². The van der Waals surface area contributed by atoms with Crippen LogP contribution < -0.4 is 5.32 Å². The first-order valence-corrected chi connectivity index (χ1v) is 6.33. The molecule has 2 N–H and O–H groups in total. The molecule has 88 valence electrons. The summed E-state index contributed by atoms with van der Waals surface area (Å²) in [6.45, 7) is 4.49. The van der Waals surface area contributed by atoms with Crippen LogP contribution in [0.15, 0.2) is 0 Å². The standard InChI is InChI=1S/C12H24N2O/c1-14-7-4-12(15)11(9-14)8-10-2-5-13-6-3-10/h10-13,15H,2-9H2,1H3/t11-,12+/m0/s1. The van der Waals surface area contributed by atoms with E-state index in [2.05, 4.69) is 17.3 Å². The number of likely N-dealkylation sites (tertiary alicyclic amines) is 1. The lowest BCUT2D eigenvalue weighted by Crippen LogP contribution is -2.42.